The average Bonchev–Trinajstić information content (AvgIpc) is 3.05. The first-order chi connectivity index (χ1) is 22.5. The van der Waals surface area contributed by atoms with Crippen LogP contribution in [-0.4, -0.2) is 44.2 Å². The van der Waals surface area contributed by atoms with E-state index in [1.807, 2.05) is 31.2 Å². The predicted molar refractivity (Wildman–Crippen MR) is 179 cm³/mol. The highest BCUT2D eigenvalue weighted by Gasteiger charge is 2.20. The number of rotatable bonds is 12. The van der Waals surface area contributed by atoms with Crippen LogP contribution in [0.4, 0.5) is 11.4 Å². The molecule has 5 aromatic carbocycles. The van der Waals surface area contributed by atoms with Gasteiger partial charge in [0, 0.05) is 23.4 Å². The summed E-state index contributed by atoms with van der Waals surface area (Å²) in [6.07, 6.45) is 0.483. The Morgan fingerprint density at radius 3 is 2.26 bits per heavy atom. The van der Waals surface area contributed by atoms with Gasteiger partial charge >= 0.3 is 5.97 Å². The highest BCUT2D eigenvalue weighted by Crippen LogP contribution is 2.27. The van der Waals surface area contributed by atoms with Crippen molar-refractivity contribution in [1.82, 2.24) is 0 Å². The minimum Gasteiger partial charge on any atom is -0.508 e. The third-order valence-electron chi connectivity index (χ3n) is 7.30. The zero-order chi connectivity index (χ0) is 33.6. The van der Waals surface area contributed by atoms with E-state index in [1.165, 1.54) is 19.2 Å². The number of aryl methyl sites for hydroxylation is 1. The van der Waals surface area contributed by atoms with Crippen LogP contribution in [0.3, 0.4) is 0 Å². The van der Waals surface area contributed by atoms with E-state index in [0.717, 1.165) is 28.3 Å². The van der Waals surface area contributed by atoms with E-state index >= 15 is 0 Å². The smallest absolute Gasteiger partial charge is 0.339 e. The molecular formula is C36H32N2O8S. The van der Waals surface area contributed by atoms with Gasteiger partial charge in [-0.1, -0.05) is 36.4 Å². The molecule has 240 valence electrons. The lowest BCUT2D eigenvalue weighted by Gasteiger charge is -2.13. The van der Waals surface area contributed by atoms with Gasteiger partial charge in [-0.25, -0.2) is 13.2 Å². The molecule has 0 spiro atoms. The standard InChI is InChI=1S/C36H32N2O8S/c1-23-19-28(37-35(40)27-7-4-6-26(21-27)25-9-12-30(39)13-10-25)11-15-33(23)46-18-17-24-5-3-8-29(20-24)38-47(43,44)31-14-16-34(45-2)32(22-31)36(41)42/h3-16,19-22,38-39H,17-18H2,1-2H3,(H,37,40)(H,41,42). The molecule has 11 heteroatoms. The summed E-state index contributed by atoms with van der Waals surface area (Å²) in [7, 11) is -2.76. The molecule has 10 nitrogen and oxygen atoms in total. The van der Waals surface area contributed by atoms with Crippen molar-refractivity contribution in [3.05, 3.63) is 131 Å². The summed E-state index contributed by atoms with van der Waals surface area (Å²) in [4.78, 5) is 24.3. The molecule has 0 aromatic heterocycles. The minimum absolute atomic E-state index is 0.0570. The van der Waals surface area contributed by atoms with Crippen LogP contribution in [0, 0.1) is 6.92 Å². The largest absolute Gasteiger partial charge is 0.508 e. The molecule has 0 aliphatic carbocycles. The van der Waals surface area contributed by atoms with Crippen LogP contribution < -0.4 is 19.5 Å². The van der Waals surface area contributed by atoms with Crippen molar-refractivity contribution in [1.29, 1.82) is 0 Å². The number of benzene rings is 5. The van der Waals surface area contributed by atoms with E-state index in [-0.39, 0.29) is 27.9 Å². The molecule has 5 rings (SSSR count). The van der Waals surface area contributed by atoms with Crippen LogP contribution in [0.1, 0.15) is 31.8 Å². The number of sulfonamides is 1. The Bertz CT molecular complexity index is 2040. The summed E-state index contributed by atoms with van der Waals surface area (Å²) in [5.74, 6) is -0.691. The Morgan fingerprint density at radius 1 is 0.787 bits per heavy atom. The Balaban J connectivity index is 1.18. The summed E-state index contributed by atoms with van der Waals surface area (Å²) in [6, 6.07) is 29.8. The van der Waals surface area contributed by atoms with Gasteiger partial charge in [0.15, 0.2) is 0 Å². The van der Waals surface area contributed by atoms with Gasteiger partial charge in [-0.15, -0.1) is 0 Å². The van der Waals surface area contributed by atoms with Gasteiger partial charge < -0.3 is 25.0 Å². The van der Waals surface area contributed by atoms with E-state index in [4.69, 9.17) is 9.47 Å². The van der Waals surface area contributed by atoms with Gasteiger partial charge in [0.2, 0.25) is 0 Å². The number of nitrogens with one attached hydrogen (secondary N) is 2. The first kappa shape index (κ1) is 32.6. The van der Waals surface area contributed by atoms with E-state index < -0.39 is 16.0 Å². The van der Waals surface area contributed by atoms with E-state index in [1.54, 1.807) is 66.7 Å². The summed E-state index contributed by atoms with van der Waals surface area (Å²) in [6.45, 7) is 2.19. The maximum absolute atomic E-state index is 13.0. The maximum Gasteiger partial charge on any atom is 0.339 e. The lowest BCUT2D eigenvalue weighted by atomic mass is 10.0. The monoisotopic (exact) mass is 652 g/mol. The Morgan fingerprint density at radius 2 is 1.53 bits per heavy atom. The molecule has 0 aliphatic rings. The number of aromatic hydroxyl groups is 1. The highest BCUT2D eigenvalue weighted by molar-refractivity contribution is 7.92. The lowest BCUT2D eigenvalue weighted by molar-refractivity contribution is 0.0692. The Kier molecular flexibility index (Phi) is 9.77. The number of hydrogen-bond acceptors (Lipinski definition) is 7. The molecule has 0 aliphatic heterocycles. The molecule has 0 radical (unpaired) electrons. The molecular weight excluding hydrogens is 620 g/mol. The van der Waals surface area contributed by atoms with E-state index in [9.17, 15) is 28.2 Å². The molecule has 0 fully saturated rings. The molecule has 0 bridgehead atoms. The number of carbonyl (C=O) groups excluding carboxylic acids is 1. The first-order valence-corrected chi connectivity index (χ1v) is 16.0. The number of carbonyl (C=O) groups is 2. The maximum atomic E-state index is 13.0. The van der Waals surface area contributed by atoms with Crippen molar-refractivity contribution >= 4 is 33.3 Å². The van der Waals surface area contributed by atoms with Gasteiger partial charge in [0.05, 0.1) is 18.6 Å². The number of amides is 1. The number of anilines is 2. The fourth-order valence-electron chi connectivity index (χ4n) is 4.89. The van der Waals surface area contributed by atoms with Gasteiger partial charge in [-0.3, -0.25) is 9.52 Å². The number of methoxy groups -OCH3 is 1. The number of hydrogen-bond donors (Lipinski definition) is 4. The SMILES string of the molecule is COc1ccc(S(=O)(=O)Nc2cccc(CCOc3ccc(NC(=O)c4cccc(-c5ccc(O)cc5)c4)cc3C)c2)cc1C(=O)O. The van der Waals surface area contributed by atoms with Crippen molar-refractivity contribution in [3.63, 3.8) is 0 Å². The van der Waals surface area contributed by atoms with E-state index in [2.05, 4.69) is 10.0 Å². The van der Waals surface area contributed by atoms with Crippen LogP contribution in [-0.2, 0) is 16.4 Å². The Hall–Kier alpha value is -5.81. The summed E-state index contributed by atoms with van der Waals surface area (Å²) in [5, 5.41) is 21.9. The van der Waals surface area contributed by atoms with E-state index in [0.29, 0.717) is 35.7 Å². The fraction of sp³-hybridized carbons (Fsp3) is 0.111. The normalized spacial score (nSPS) is 11.0. The lowest BCUT2D eigenvalue weighted by Crippen LogP contribution is -2.14. The molecule has 0 unspecified atom stereocenters. The molecule has 1 amide bonds. The van der Waals surface area contributed by atoms with Gasteiger partial charge in [-0.05, 0) is 102 Å². The second-order valence-electron chi connectivity index (χ2n) is 10.6. The number of ether oxygens (including phenoxy) is 2. The van der Waals surface area contributed by atoms with Crippen molar-refractivity contribution < 1.29 is 37.7 Å². The molecule has 5 aromatic rings. The topological polar surface area (TPSA) is 151 Å². The fourth-order valence-corrected chi connectivity index (χ4v) is 5.97. The number of carboxylic acid groups (broad SMARTS) is 1. The van der Waals surface area contributed by atoms with Crippen LogP contribution in [0.2, 0.25) is 0 Å². The quantitative estimate of drug-likeness (QED) is 0.116. The molecule has 0 heterocycles. The van der Waals surface area contributed by atoms with Gasteiger partial charge in [0.25, 0.3) is 15.9 Å². The average molecular weight is 653 g/mol. The van der Waals surface area contributed by atoms with Crippen molar-refractivity contribution in [2.24, 2.45) is 0 Å². The van der Waals surface area contributed by atoms with Crippen molar-refractivity contribution in [2.45, 2.75) is 18.2 Å². The molecule has 4 N–H and O–H groups in total. The van der Waals surface area contributed by atoms with Crippen molar-refractivity contribution in [2.75, 3.05) is 23.8 Å². The van der Waals surface area contributed by atoms with Crippen LogP contribution >= 0.6 is 0 Å². The first-order valence-electron chi connectivity index (χ1n) is 14.5. The molecule has 0 saturated carbocycles. The van der Waals surface area contributed by atoms with Crippen LogP contribution in [0.5, 0.6) is 17.2 Å². The van der Waals surface area contributed by atoms with Gasteiger partial charge in [0.1, 0.15) is 22.8 Å². The van der Waals surface area contributed by atoms with Crippen LogP contribution in [0.15, 0.2) is 114 Å². The number of aromatic carboxylic acids is 1. The third-order valence-corrected chi connectivity index (χ3v) is 8.68. The predicted octanol–water partition coefficient (Wildman–Crippen LogP) is 6.75. The molecule has 47 heavy (non-hydrogen) atoms. The zero-order valence-electron chi connectivity index (χ0n) is 25.6. The van der Waals surface area contributed by atoms with Crippen molar-refractivity contribution in [3.8, 4) is 28.4 Å². The Labute approximate surface area is 272 Å². The summed E-state index contributed by atoms with van der Waals surface area (Å²) in [5.41, 5.74) is 4.54. The minimum atomic E-state index is -4.07. The summed E-state index contributed by atoms with van der Waals surface area (Å²) < 4.78 is 39.5. The number of phenols is 1. The second-order valence-corrected chi connectivity index (χ2v) is 12.3. The number of carboxylic acids is 1. The highest BCUT2D eigenvalue weighted by atomic mass is 32.2. The third kappa shape index (κ3) is 8.08. The second kappa shape index (κ2) is 14.1. The van der Waals surface area contributed by atoms with Crippen LogP contribution in [0.25, 0.3) is 11.1 Å². The number of phenolic OH excluding ortho intramolecular Hbond substituents is 1. The summed E-state index contributed by atoms with van der Waals surface area (Å²) >= 11 is 0. The zero-order valence-corrected chi connectivity index (χ0v) is 26.4. The van der Waals surface area contributed by atoms with Gasteiger partial charge in [-0.2, -0.15) is 0 Å². The molecule has 0 atom stereocenters. The molecule has 0 saturated heterocycles.